The zero-order chi connectivity index (χ0) is 29.0. The van der Waals surface area contributed by atoms with Gasteiger partial charge in [-0.15, -0.1) is 0 Å². The molecule has 0 radical (unpaired) electrons. The molecule has 39 heavy (non-hydrogen) atoms. The van der Waals surface area contributed by atoms with Crippen molar-refractivity contribution in [2.75, 3.05) is 0 Å². The van der Waals surface area contributed by atoms with E-state index in [1.54, 1.807) is 0 Å². The molecule has 4 aromatic rings. The Morgan fingerprint density at radius 2 is 0.821 bits per heavy atom. The molecule has 6 nitrogen and oxygen atoms in total. The van der Waals surface area contributed by atoms with Gasteiger partial charge in [-0.25, -0.2) is 41.1 Å². The minimum absolute atomic E-state index is 0. The molecule has 0 aliphatic rings. The first-order valence-electron chi connectivity index (χ1n) is 10.0. The van der Waals surface area contributed by atoms with Crippen LogP contribution >= 0.6 is 0 Å². The van der Waals surface area contributed by atoms with E-state index in [9.17, 15) is 43.2 Å². The number of aromatic hydroxyl groups is 2. The molecule has 4 rings (SSSR count). The van der Waals surface area contributed by atoms with Crippen molar-refractivity contribution >= 4 is 19.7 Å². The number of benzene rings is 2. The van der Waals surface area contributed by atoms with Crippen LogP contribution in [0.25, 0.3) is 0 Å². The second-order valence-corrected chi connectivity index (χ2v) is 10.7. The van der Waals surface area contributed by atoms with Crippen molar-refractivity contribution in [2.24, 2.45) is 0 Å². The molecule has 15 heteroatoms. The molecular weight excluding hydrogens is 654 g/mol. The molecule has 2 N–H and O–H groups in total. The van der Waals surface area contributed by atoms with E-state index in [1.807, 2.05) is 60.7 Å². The van der Waals surface area contributed by atoms with Gasteiger partial charge in [0, 0.05) is 0 Å². The average Bonchev–Trinajstić information content (AvgIpc) is 3.57. The van der Waals surface area contributed by atoms with Gasteiger partial charge in [0.05, 0.1) is 9.79 Å². The Hall–Kier alpha value is -2.90. The number of rotatable bonds is 2. The predicted octanol–water partition coefficient (Wildman–Crippen LogP) is 6.18. The Morgan fingerprint density at radius 3 is 1.00 bits per heavy atom. The van der Waals surface area contributed by atoms with E-state index < -0.39 is 52.0 Å². The summed E-state index contributed by atoms with van der Waals surface area (Å²) in [5.74, 6) is -1.06. The van der Waals surface area contributed by atoms with Crippen molar-refractivity contribution in [1.29, 1.82) is 0 Å². The van der Waals surface area contributed by atoms with E-state index in [2.05, 4.69) is 0 Å². The molecule has 0 aliphatic heterocycles. The smallest absolute Gasteiger partial charge is 0.508 e. The van der Waals surface area contributed by atoms with Crippen molar-refractivity contribution in [3.63, 3.8) is 0 Å². The summed E-state index contributed by atoms with van der Waals surface area (Å²) in [5, 5.41) is 17.6. The minimum atomic E-state index is -5.36. The number of alkyl halides is 6. The second-order valence-electron chi connectivity index (χ2n) is 6.82. The summed E-state index contributed by atoms with van der Waals surface area (Å²) >= 11 is 0. The molecule has 0 spiro atoms. The van der Waals surface area contributed by atoms with Crippen molar-refractivity contribution in [3.8, 4) is 11.5 Å². The molecule has 0 heterocycles. The Kier molecular flexibility index (Phi) is 14.5. The standard InChI is InChI=1S/2C7H5F3O3S.2C5H5.Zr/c2*8-7(9,10)14(12,13)6-3-1-2-5(11)4-6;2*1-2-4-5-3-1;/h2*1-4,11H;2*1-5H;/q;;2*-1;+2. The van der Waals surface area contributed by atoms with Gasteiger partial charge in [0.25, 0.3) is 19.7 Å². The average molecular weight is 674 g/mol. The van der Waals surface area contributed by atoms with Crippen LogP contribution in [0, 0.1) is 0 Å². The van der Waals surface area contributed by atoms with Crippen molar-refractivity contribution in [2.45, 2.75) is 20.8 Å². The van der Waals surface area contributed by atoms with E-state index >= 15 is 0 Å². The van der Waals surface area contributed by atoms with Crippen LogP contribution in [-0.4, -0.2) is 38.1 Å². The third kappa shape index (κ3) is 11.8. The van der Waals surface area contributed by atoms with Crippen LogP contribution in [0.2, 0.25) is 0 Å². The summed E-state index contributed by atoms with van der Waals surface area (Å²) in [6.45, 7) is 0. The molecule has 0 aliphatic carbocycles. The molecule has 210 valence electrons. The Balaban J connectivity index is 0.000000537. The van der Waals surface area contributed by atoms with E-state index in [4.69, 9.17) is 10.2 Å². The molecule has 0 aromatic heterocycles. The number of hydrogen-bond donors (Lipinski definition) is 2. The minimum Gasteiger partial charge on any atom is -0.508 e. The van der Waals surface area contributed by atoms with Crippen LogP contribution in [0.1, 0.15) is 0 Å². The van der Waals surface area contributed by atoms with Gasteiger partial charge in [-0.3, -0.25) is 0 Å². The molecule has 4 aromatic carbocycles. The molecule has 0 bridgehead atoms. The normalized spacial score (nSPS) is 11.2. The second kappa shape index (κ2) is 15.6. The Labute approximate surface area is 239 Å². The maximum atomic E-state index is 12.0. The van der Waals surface area contributed by atoms with E-state index in [0.29, 0.717) is 12.1 Å². The molecule has 0 atom stereocenters. The Morgan fingerprint density at radius 1 is 0.538 bits per heavy atom. The summed E-state index contributed by atoms with van der Waals surface area (Å²) in [6, 6.07) is 26.8. The molecular formula is C24H20F6O6S2Zr. The molecule has 0 unspecified atom stereocenters. The fourth-order valence-electron chi connectivity index (χ4n) is 2.21. The zero-order valence-electron chi connectivity index (χ0n) is 19.5. The summed E-state index contributed by atoms with van der Waals surface area (Å²) in [4.78, 5) is -1.94. The van der Waals surface area contributed by atoms with Gasteiger partial charge in [0.15, 0.2) is 0 Å². The number of phenols is 2. The van der Waals surface area contributed by atoms with Gasteiger partial charge in [-0.05, 0) is 36.4 Å². The van der Waals surface area contributed by atoms with Crippen LogP contribution in [-0.2, 0) is 45.9 Å². The molecule has 0 saturated heterocycles. The van der Waals surface area contributed by atoms with Gasteiger partial charge in [-0.1, -0.05) is 12.1 Å². The molecule has 0 fully saturated rings. The van der Waals surface area contributed by atoms with Crippen molar-refractivity contribution in [1.82, 2.24) is 0 Å². The van der Waals surface area contributed by atoms with Gasteiger partial charge < -0.3 is 10.2 Å². The summed E-state index contributed by atoms with van der Waals surface area (Å²) in [5.41, 5.74) is -10.7. The van der Waals surface area contributed by atoms with Crippen LogP contribution in [0.4, 0.5) is 26.3 Å². The van der Waals surface area contributed by atoms with E-state index in [0.717, 1.165) is 36.4 Å². The molecule has 0 saturated carbocycles. The van der Waals surface area contributed by atoms with E-state index in [-0.39, 0.29) is 26.2 Å². The van der Waals surface area contributed by atoms with E-state index in [1.165, 1.54) is 0 Å². The number of sulfone groups is 2. The summed E-state index contributed by atoms with van der Waals surface area (Å²) < 4.78 is 115. The quantitative estimate of drug-likeness (QED) is 0.194. The van der Waals surface area contributed by atoms with Crippen LogP contribution in [0.3, 0.4) is 0 Å². The maximum Gasteiger partial charge on any atom is 2.00 e. The Bertz CT molecular complexity index is 1290. The zero-order valence-corrected chi connectivity index (χ0v) is 23.6. The maximum absolute atomic E-state index is 12.0. The number of hydrogen-bond acceptors (Lipinski definition) is 6. The van der Waals surface area contributed by atoms with Crippen molar-refractivity contribution < 1.29 is 79.6 Å². The first-order chi connectivity index (χ1) is 17.5. The topological polar surface area (TPSA) is 109 Å². The first kappa shape index (κ1) is 36.1. The van der Waals surface area contributed by atoms with Crippen molar-refractivity contribution in [3.05, 3.63) is 109 Å². The fraction of sp³-hybridized carbons (Fsp3) is 0.0833. The molecule has 0 amide bonds. The fourth-order valence-corrected chi connectivity index (χ4v) is 3.81. The third-order valence-electron chi connectivity index (χ3n) is 3.98. The number of halogens is 6. The summed E-state index contributed by atoms with van der Waals surface area (Å²) in [6.07, 6.45) is 0. The van der Waals surface area contributed by atoms with Crippen LogP contribution in [0.5, 0.6) is 11.5 Å². The third-order valence-corrected chi connectivity index (χ3v) is 6.94. The van der Waals surface area contributed by atoms with Crippen LogP contribution in [0.15, 0.2) is 119 Å². The van der Waals surface area contributed by atoms with Crippen LogP contribution < -0.4 is 0 Å². The largest absolute Gasteiger partial charge is 2.00 e. The summed E-state index contributed by atoms with van der Waals surface area (Å²) in [7, 11) is -10.7. The van der Waals surface area contributed by atoms with Gasteiger partial charge in [0.2, 0.25) is 0 Å². The SMILES string of the molecule is O=S(=O)(c1cccc(O)c1)C(F)(F)F.O=S(=O)(c1cccc(O)c1)C(F)(F)F.[Zr+2].c1cc[cH-]c1.c1cc[cH-]c1. The number of phenolic OH excluding ortho intramolecular Hbond substituents is 2. The predicted molar refractivity (Wildman–Crippen MR) is 127 cm³/mol. The first-order valence-corrected chi connectivity index (χ1v) is 13.0. The van der Waals surface area contributed by atoms with Gasteiger partial charge in [-0.2, -0.15) is 62.7 Å². The monoisotopic (exact) mass is 672 g/mol. The van der Waals surface area contributed by atoms with Gasteiger partial charge >= 0.3 is 37.2 Å². The van der Waals surface area contributed by atoms with Gasteiger partial charge in [0.1, 0.15) is 11.5 Å².